The van der Waals surface area contributed by atoms with Crippen LogP contribution in [0, 0.1) is 0 Å². The third-order valence-electron chi connectivity index (χ3n) is 9.81. The first-order valence-corrected chi connectivity index (χ1v) is 15.9. The van der Waals surface area contributed by atoms with E-state index in [0.717, 1.165) is 55.4 Å². The molecule has 0 aliphatic carbocycles. The van der Waals surface area contributed by atoms with Crippen molar-refractivity contribution in [2.45, 2.75) is 0 Å². The van der Waals surface area contributed by atoms with E-state index in [2.05, 4.69) is 153 Å². The van der Waals surface area contributed by atoms with Crippen LogP contribution in [0.25, 0.3) is 93.5 Å². The van der Waals surface area contributed by atoms with Gasteiger partial charge in [0.1, 0.15) is 5.65 Å². The molecule has 0 saturated heterocycles. The first kappa shape index (κ1) is 24.8. The summed E-state index contributed by atoms with van der Waals surface area (Å²) in [7, 11) is 0. The molecule has 47 heavy (non-hydrogen) atoms. The van der Waals surface area contributed by atoms with Crippen molar-refractivity contribution in [2.75, 3.05) is 0 Å². The monoisotopic (exact) mass is 599 g/mol. The van der Waals surface area contributed by atoms with Crippen molar-refractivity contribution in [3.05, 3.63) is 152 Å². The van der Waals surface area contributed by atoms with Crippen LogP contribution in [0.5, 0.6) is 0 Å². The van der Waals surface area contributed by atoms with E-state index in [0.29, 0.717) is 0 Å². The van der Waals surface area contributed by atoms with Crippen LogP contribution < -0.4 is 0 Å². The van der Waals surface area contributed by atoms with Gasteiger partial charge in [-0.15, -0.1) is 0 Å². The molecule has 0 fully saturated rings. The SMILES string of the molecule is c1ccc(-n2c3ccccc3c3ccc4c5cc6c(cc5n(-c5ccccc5)c4c32)c2ncccc2n2c3ccccc3nc62)cc1. The average Bonchev–Trinajstić information content (AvgIpc) is 3.80. The van der Waals surface area contributed by atoms with E-state index < -0.39 is 0 Å². The molecule has 11 aromatic rings. The van der Waals surface area contributed by atoms with E-state index >= 15 is 0 Å². The molecular weight excluding hydrogens is 574 g/mol. The Morgan fingerprint density at radius 1 is 0.404 bits per heavy atom. The van der Waals surface area contributed by atoms with Crippen LogP contribution in [0.15, 0.2) is 152 Å². The van der Waals surface area contributed by atoms with Crippen molar-refractivity contribution in [1.82, 2.24) is 23.5 Å². The normalized spacial score (nSPS) is 12.3. The number of nitrogens with zero attached hydrogens (tertiary/aromatic N) is 5. The molecule has 0 N–H and O–H groups in total. The molecule has 218 valence electrons. The van der Waals surface area contributed by atoms with Crippen molar-refractivity contribution in [3.63, 3.8) is 0 Å². The highest BCUT2D eigenvalue weighted by molar-refractivity contribution is 6.26. The lowest BCUT2D eigenvalue weighted by Gasteiger charge is -2.13. The Balaban J connectivity index is 1.42. The van der Waals surface area contributed by atoms with Gasteiger partial charge in [0, 0.05) is 49.9 Å². The molecule has 5 heteroatoms. The lowest BCUT2D eigenvalue weighted by molar-refractivity contribution is 1.15. The summed E-state index contributed by atoms with van der Waals surface area (Å²) in [5.74, 6) is 0. The van der Waals surface area contributed by atoms with Gasteiger partial charge in [-0.2, -0.15) is 0 Å². The summed E-state index contributed by atoms with van der Waals surface area (Å²) in [4.78, 5) is 10.2. The molecular formula is C42H25N5. The quantitative estimate of drug-likeness (QED) is 0.186. The predicted octanol–water partition coefficient (Wildman–Crippen LogP) is 10.4. The van der Waals surface area contributed by atoms with Gasteiger partial charge in [0.05, 0.1) is 44.1 Å². The van der Waals surface area contributed by atoms with Gasteiger partial charge in [0.2, 0.25) is 0 Å². The third-order valence-corrected chi connectivity index (χ3v) is 9.81. The van der Waals surface area contributed by atoms with Crippen molar-refractivity contribution >= 4 is 82.1 Å². The molecule has 5 aromatic heterocycles. The summed E-state index contributed by atoms with van der Waals surface area (Å²) in [5, 5.41) is 7.05. The van der Waals surface area contributed by atoms with Crippen LogP contribution in [0.2, 0.25) is 0 Å². The van der Waals surface area contributed by atoms with Gasteiger partial charge in [-0.25, -0.2) is 4.98 Å². The van der Waals surface area contributed by atoms with E-state index in [1.54, 1.807) is 0 Å². The summed E-state index contributed by atoms with van der Waals surface area (Å²) in [5.41, 5.74) is 12.0. The van der Waals surface area contributed by atoms with E-state index in [9.17, 15) is 0 Å². The molecule has 0 atom stereocenters. The fourth-order valence-electron chi connectivity index (χ4n) is 7.90. The Hall–Kier alpha value is -6.46. The molecule has 0 aliphatic rings. The second kappa shape index (κ2) is 9.05. The number of hydrogen-bond acceptors (Lipinski definition) is 2. The van der Waals surface area contributed by atoms with Crippen LogP contribution in [-0.4, -0.2) is 23.5 Å². The van der Waals surface area contributed by atoms with E-state index in [1.165, 1.54) is 38.1 Å². The Kier molecular flexibility index (Phi) is 4.78. The Morgan fingerprint density at radius 2 is 1.02 bits per heavy atom. The van der Waals surface area contributed by atoms with Crippen molar-refractivity contribution in [2.24, 2.45) is 0 Å². The van der Waals surface area contributed by atoms with Crippen LogP contribution in [-0.2, 0) is 0 Å². The van der Waals surface area contributed by atoms with Crippen molar-refractivity contribution in [3.8, 4) is 11.4 Å². The lowest BCUT2D eigenvalue weighted by Crippen LogP contribution is -1.98. The molecule has 0 aliphatic heterocycles. The molecule has 5 heterocycles. The molecule has 0 saturated carbocycles. The van der Waals surface area contributed by atoms with Gasteiger partial charge in [-0.3, -0.25) is 9.38 Å². The Labute approximate surface area is 268 Å². The van der Waals surface area contributed by atoms with Crippen LogP contribution in [0.3, 0.4) is 0 Å². The number of para-hydroxylation sites is 5. The van der Waals surface area contributed by atoms with Crippen LogP contribution in [0.4, 0.5) is 0 Å². The minimum absolute atomic E-state index is 0.948. The fourth-order valence-corrected chi connectivity index (χ4v) is 7.90. The minimum atomic E-state index is 0.948. The number of rotatable bonds is 2. The Bertz CT molecular complexity index is 3060. The molecule has 6 aromatic carbocycles. The predicted molar refractivity (Wildman–Crippen MR) is 194 cm³/mol. The highest BCUT2D eigenvalue weighted by Gasteiger charge is 2.23. The topological polar surface area (TPSA) is 40.0 Å². The number of aromatic nitrogens is 5. The third kappa shape index (κ3) is 3.22. The van der Waals surface area contributed by atoms with E-state index in [4.69, 9.17) is 9.97 Å². The largest absolute Gasteiger partial charge is 0.307 e. The molecule has 11 rings (SSSR count). The number of benzene rings is 6. The average molecular weight is 600 g/mol. The van der Waals surface area contributed by atoms with Gasteiger partial charge in [0.15, 0.2) is 0 Å². The highest BCUT2D eigenvalue weighted by Crippen LogP contribution is 2.44. The summed E-state index contributed by atoms with van der Waals surface area (Å²) < 4.78 is 7.15. The maximum atomic E-state index is 5.20. The minimum Gasteiger partial charge on any atom is -0.307 e. The second-order valence-electron chi connectivity index (χ2n) is 12.3. The zero-order valence-corrected chi connectivity index (χ0v) is 25.2. The lowest BCUT2D eigenvalue weighted by atomic mass is 10.0. The molecule has 0 radical (unpaired) electrons. The second-order valence-corrected chi connectivity index (χ2v) is 12.3. The maximum absolute atomic E-state index is 5.20. The number of pyridine rings is 2. The van der Waals surface area contributed by atoms with E-state index in [-0.39, 0.29) is 0 Å². The molecule has 0 unspecified atom stereocenters. The number of imidazole rings is 1. The highest BCUT2D eigenvalue weighted by atomic mass is 15.1. The molecule has 0 spiro atoms. The summed E-state index contributed by atoms with van der Waals surface area (Å²) in [6, 6.07) is 52.1. The van der Waals surface area contributed by atoms with Gasteiger partial charge >= 0.3 is 0 Å². The van der Waals surface area contributed by atoms with Crippen LogP contribution >= 0.6 is 0 Å². The standard InChI is InChI=1S/C42H25N5/c1-3-12-26(13-4-1)45-35-18-9-7-16-28(35)29-21-22-30-31-24-33-32(25-38(31)46(41(30)40(29)45)27-14-5-2-6-15-27)39-37(20-11-23-43-39)47-36-19-10-8-17-34(36)44-42(33)47/h1-25H. The summed E-state index contributed by atoms with van der Waals surface area (Å²) in [6.07, 6.45) is 1.89. The molecule has 0 amide bonds. The smallest absolute Gasteiger partial charge is 0.146 e. The summed E-state index contributed by atoms with van der Waals surface area (Å²) in [6.45, 7) is 0. The van der Waals surface area contributed by atoms with Gasteiger partial charge in [0.25, 0.3) is 0 Å². The summed E-state index contributed by atoms with van der Waals surface area (Å²) >= 11 is 0. The van der Waals surface area contributed by atoms with E-state index in [1.807, 2.05) is 12.3 Å². The molecule has 5 nitrogen and oxygen atoms in total. The van der Waals surface area contributed by atoms with Gasteiger partial charge in [-0.1, -0.05) is 78.9 Å². The molecule has 0 bridgehead atoms. The maximum Gasteiger partial charge on any atom is 0.146 e. The van der Waals surface area contributed by atoms with Crippen LogP contribution in [0.1, 0.15) is 0 Å². The zero-order valence-electron chi connectivity index (χ0n) is 25.2. The van der Waals surface area contributed by atoms with Gasteiger partial charge < -0.3 is 9.13 Å². The van der Waals surface area contributed by atoms with Gasteiger partial charge in [-0.05, 0) is 66.7 Å². The van der Waals surface area contributed by atoms with Crippen molar-refractivity contribution < 1.29 is 0 Å². The zero-order chi connectivity index (χ0) is 30.6. The Morgan fingerprint density at radius 3 is 1.79 bits per heavy atom. The first-order chi connectivity index (χ1) is 23.3. The number of hydrogen-bond donors (Lipinski definition) is 0. The first-order valence-electron chi connectivity index (χ1n) is 15.9. The number of fused-ring (bicyclic) bond motifs is 15. The van der Waals surface area contributed by atoms with Crippen molar-refractivity contribution in [1.29, 1.82) is 0 Å². The fraction of sp³-hybridized carbons (Fsp3) is 0.